The molecule has 0 bridgehead atoms. The van der Waals surface area contributed by atoms with Gasteiger partial charge in [-0.3, -0.25) is 9.59 Å². The number of amides is 2. The van der Waals surface area contributed by atoms with E-state index in [4.69, 9.17) is 10.00 Å². The van der Waals surface area contributed by atoms with Crippen LogP contribution in [0.2, 0.25) is 0 Å². The highest BCUT2D eigenvalue weighted by Gasteiger charge is 2.46. The summed E-state index contributed by atoms with van der Waals surface area (Å²) in [6.07, 6.45) is 4.65. The Morgan fingerprint density at radius 2 is 2.00 bits per heavy atom. The molecule has 4 rings (SSSR count). The summed E-state index contributed by atoms with van der Waals surface area (Å²) >= 11 is 0. The number of ether oxygens (including phenoxy) is 1. The second-order valence-corrected chi connectivity index (χ2v) is 8.07. The van der Waals surface area contributed by atoms with E-state index in [0.717, 1.165) is 38.8 Å². The minimum absolute atomic E-state index is 0.00914. The molecule has 3 aliphatic heterocycles. The molecule has 2 amide bonds. The summed E-state index contributed by atoms with van der Waals surface area (Å²) in [5.41, 5.74) is 1.18. The van der Waals surface area contributed by atoms with Gasteiger partial charge in [0, 0.05) is 50.2 Å². The Morgan fingerprint density at radius 3 is 2.63 bits per heavy atom. The van der Waals surface area contributed by atoms with Crippen LogP contribution >= 0.6 is 0 Å². The number of carbonyl (C=O) groups is 2. The van der Waals surface area contributed by atoms with E-state index in [1.165, 1.54) is 0 Å². The molecule has 27 heavy (non-hydrogen) atoms. The largest absolute Gasteiger partial charge is 0.376 e. The average Bonchev–Trinajstić information content (AvgIpc) is 3.30. The molecule has 142 valence electrons. The monoisotopic (exact) mass is 367 g/mol. The second kappa shape index (κ2) is 7.32. The van der Waals surface area contributed by atoms with Gasteiger partial charge in [-0.15, -0.1) is 0 Å². The van der Waals surface area contributed by atoms with Crippen LogP contribution in [0.1, 0.15) is 48.0 Å². The van der Waals surface area contributed by atoms with Gasteiger partial charge < -0.3 is 14.5 Å². The van der Waals surface area contributed by atoms with Crippen molar-refractivity contribution in [2.45, 2.75) is 38.2 Å². The number of rotatable bonds is 3. The molecule has 0 saturated carbocycles. The Kier molecular flexibility index (Phi) is 4.88. The zero-order valence-electron chi connectivity index (χ0n) is 15.5. The first-order chi connectivity index (χ1) is 13.1. The predicted molar refractivity (Wildman–Crippen MR) is 98.9 cm³/mol. The highest BCUT2D eigenvalue weighted by atomic mass is 16.5. The first-order valence-corrected chi connectivity index (χ1v) is 9.77. The van der Waals surface area contributed by atoms with Gasteiger partial charge in [0.15, 0.2) is 0 Å². The third kappa shape index (κ3) is 3.70. The fourth-order valence-electron chi connectivity index (χ4n) is 4.57. The molecule has 0 unspecified atom stereocenters. The lowest BCUT2D eigenvalue weighted by Crippen LogP contribution is -2.44. The van der Waals surface area contributed by atoms with E-state index < -0.39 is 0 Å². The lowest BCUT2D eigenvalue weighted by Gasteiger charge is -2.39. The standard InChI is InChI=1S/C21H25N3O3/c22-13-16-3-5-17(6-4-16)20(26)23-9-7-21(8-10-23)12-19(25)24(15-21)14-18-2-1-11-27-18/h3-6,18H,1-2,7-12,14-15H2/t18-/m1/s1. The summed E-state index contributed by atoms with van der Waals surface area (Å²) < 4.78 is 5.69. The predicted octanol–water partition coefficient (Wildman–Crippen LogP) is 2.19. The van der Waals surface area contributed by atoms with Crippen molar-refractivity contribution in [2.75, 3.05) is 32.8 Å². The van der Waals surface area contributed by atoms with E-state index in [1.807, 2.05) is 9.80 Å². The molecule has 0 N–H and O–H groups in total. The van der Waals surface area contributed by atoms with Gasteiger partial charge in [-0.2, -0.15) is 5.26 Å². The van der Waals surface area contributed by atoms with E-state index in [2.05, 4.69) is 6.07 Å². The number of nitrogens with zero attached hydrogens (tertiary/aromatic N) is 3. The van der Waals surface area contributed by atoms with Gasteiger partial charge >= 0.3 is 0 Å². The van der Waals surface area contributed by atoms with E-state index in [-0.39, 0.29) is 23.3 Å². The number of nitriles is 1. The zero-order chi connectivity index (χ0) is 18.9. The minimum Gasteiger partial charge on any atom is -0.376 e. The second-order valence-electron chi connectivity index (χ2n) is 8.07. The first kappa shape index (κ1) is 18.0. The van der Waals surface area contributed by atoms with Crippen LogP contribution in [0.25, 0.3) is 0 Å². The summed E-state index contributed by atoms with van der Waals surface area (Å²) in [5, 5.41) is 8.88. The number of hydrogen-bond acceptors (Lipinski definition) is 4. The highest BCUT2D eigenvalue weighted by molar-refractivity contribution is 5.94. The number of carbonyl (C=O) groups excluding carboxylic acids is 2. The fourth-order valence-corrected chi connectivity index (χ4v) is 4.57. The third-order valence-electron chi connectivity index (χ3n) is 6.23. The van der Waals surface area contributed by atoms with Crippen LogP contribution in [0, 0.1) is 16.7 Å². The molecule has 3 fully saturated rings. The normalized spacial score (nSPS) is 24.4. The Labute approximate surface area is 159 Å². The molecule has 0 radical (unpaired) electrons. The van der Waals surface area contributed by atoms with E-state index in [1.54, 1.807) is 24.3 Å². The maximum atomic E-state index is 12.7. The summed E-state index contributed by atoms with van der Waals surface area (Å²) in [6, 6.07) is 8.86. The molecule has 1 aromatic carbocycles. The molecular weight excluding hydrogens is 342 g/mol. The molecule has 6 nitrogen and oxygen atoms in total. The van der Waals surface area contributed by atoms with E-state index in [0.29, 0.717) is 37.2 Å². The summed E-state index contributed by atoms with van der Waals surface area (Å²) in [6.45, 7) is 3.68. The van der Waals surface area contributed by atoms with Crippen molar-refractivity contribution in [3.8, 4) is 6.07 Å². The van der Waals surface area contributed by atoms with Crippen molar-refractivity contribution >= 4 is 11.8 Å². The number of piperidine rings is 1. The van der Waals surface area contributed by atoms with Crippen LogP contribution in [0.4, 0.5) is 0 Å². The summed E-state index contributed by atoms with van der Waals surface area (Å²) in [5.74, 6) is 0.243. The summed E-state index contributed by atoms with van der Waals surface area (Å²) in [4.78, 5) is 29.1. The molecule has 0 aromatic heterocycles. The van der Waals surface area contributed by atoms with Crippen molar-refractivity contribution in [2.24, 2.45) is 5.41 Å². The lowest BCUT2D eigenvalue weighted by atomic mass is 9.77. The van der Waals surface area contributed by atoms with Gasteiger partial charge in [-0.05, 0) is 49.9 Å². The van der Waals surface area contributed by atoms with Gasteiger partial charge in [-0.1, -0.05) is 0 Å². The maximum Gasteiger partial charge on any atom is 0.253 e. The number of hydrogen-bond donors (Lipinski definition) is 0. The smallest absolute Gasteiger partial charge is 0.253 e. The fraction of sp³-hybridized carbons (Fsp3) is 0.571. The van der Waals surface area contributed by atoms with Gasteiger partial charge in [-0.25, -0.2) is 0 Å². The minimum atomic E-state index is 0.00914. The summed E-state index contributed by atoms with van der Waals surface area (Å²) in [7, 11) is 0. The van der Waals surface area contributed by atoms with E-state index >= 15 is 0 Å². The van der Waals surface area contributed by atoms with Gasteiger partial charge in [0.25, 0.3) is 5.91 Å². The quantitative estimate of drug-likeness (QED) is 0.821. The number of benzene rings is 1. The molecular formula is C21H25N3O3. The topological polar surface area (TPSA) is 73.6 Å². The SMILES string of the molecule is N#Cc1ccc(C(=O)N2CCC3(CC2)CC(=O)N(C[C@H]2CCCO2)C3)cc1. The zero-order valence-corrected chi connectivity index (χ0v) is 15.5. The Morgan fingerprint density at radius 1 is 1.26 bits per heavy atom. The van der Waals surface area contributed by atoms with Gasteiger partial charge in [0.2, 0.25) is 5.91 Å². The third-order valence-corrected chi connectivity index (χ3v) is 6.23. The van der Waals surface area contributed by atoms with E-state index in [9.17, 15) is 9.59 Å². The van der Waals surface area contributed by atoms with Gasteiger partial charge in [0.1, 0.15) is 0 Å². The Hall–Kier alpha value is -2.39. The molecule has 1 atom stereocenters. The highest BCUT2D eigenvalue weighted by Crippen LogP contribution is 2.41. The first-order valence-electron chi connectivity index (χ1n) is 9.77. The molecule has 0 aliphatic carbocycles. The van der Waals surface area contributed by atoms with Gasteiger partial charge in [0.05, 0.1) is 17.7 Å². The van der Waals surface area contributed by atoms with Crippen molar-refractivity contribution in [3.63, 3.8) is 0 Å². The van der Waals surface area contributed by atoms with Crippen LogP contribution in [0.5, 0.6) is 0 Å². The molecule has 6 heteroatoms. The van der Waals surface area contributed by atoms with Crippen molar-refractivity contribution in [1.29, 1.82) is 5.26 Å². The Balaban J connectivity index is 1.34. The van der Waals surface area contributed by atoms with Crippen molar-refractivity contribution in [1.82, 2.24) is 9.80 Å². The van der Waals surface area contributed by atoms with Crippen LogP contribution in [-0.4, -0.2) is 60.5 Å². The van der Waals surface area contributed by atoms with Crippen molar-refractivity contribution in [3.05, 3.63) is 35.4 Å². The molecule has 1 aromatic rings. The molecule has 3 aliphatic rings. The molecule has 3 heterocycles. The average molecular weight is 367 g/mol. The Bertz CT molecular complexity index is 754. The maximum absolute atomic E-state index is 12.7. The van der Waals surface area contributed by atoms with Crippen LogP contribution in [-0.2, 0) is 9.53 Å². The van der Waals surface area contributed by atoms with Crippen LogP contribution in [0.15, 0.2) is 24.3 Å². The van der Waals surface area contributed by atoms with Crippen molar-refractivity contribution < 1.29 is 14.3 Å². The lowest BCUT2D eigenvalue weighted by molar-refractivity contribution is -0.129. The molecule has 3 saturated heterocycles. The molecule has 1 spiro atoms. The van der Waals surface area contributed by atoms with Crippen LogP contribution in [0.3, 0.4) is 0 Å². The van der Waals surface area contributed by atoms with Crippen LogP contribution < -0.4 is 0 Å². The number of likely N-dealkylation sites (tertiary alicyclic amines) is 2.